The number of hydrogen-bond acceptors (Lipinski definition) is 12. The fourth-order valence-corrected chi connectivity index (χ4v) is 11.1. The molecular weight excluding hydrogens is 885 g/mol. The molecule has 2 aliphatic rings. The number of esters is 1. The van der Waals surface area contributed by atoms with Crippen LogP contribution < -0.4 is 5.32 Å². The molecule has 2 atom stereocenters. The summed E-state index contributed by atoms with van der Waals surface area (Å²) in [6.45, 7) is 14.9. The van der Waals surface area contributed by atoms with Crippen LogP contribution in [-0.2, 0) is 27.3 Å². The van der Waals surface area contributed by atoms with E-state index >= 15 is 0 Å². The van der Waals surface area contributed by atoms with Crippen molar-refractivity contribution >= 4 is 57.6 Å². The highest BCUT2D eigenvalue weighted by atomic mass is 35.5. The zero-order valence-corrected chi connectivity index (χ0v) is 39.4. The van der Waals surface area contributed by atoms with Crippen molar-refractivity contribution in [3.05, 3.63) is 145 Å². The molecule has 7 aromatic rings. The Morgan fingerprint density at radius 3 is 2.00 bits per heavy atom. The van der Waals surface area contributed by atoms with E-state index in [1.807, 2.05) is 71.9 Å². The molecule has 334 valence electrons. The Kier molecular flexibility index (Phi) is 12.0. The number of aryl methyl sites for hydroxylation is 4. The quantitative estimate of drug-likeness (QED) is 0.112. The van der Waals surface area contributed by atoms with Crippen LogP contribution in [0.15, 0.2) is 77.2 Å². The third kappa shape index (κ3) is 8.71. The molecule has 7 heterocycles. The highest BCUT2D eigenvalue weighted by Gasteiger charge is 2.36. The summed E-state index contributed by atoms with van der Waals surface area (Å²) in [5, 5.41) is 23.5. The third-order valence-corrected chi connectivity index (χ3v) is 14.7. The lowest BCUT2D eigenvalue weighted by atomic mass is 9.96. The van der Waals surface area contributed by atoms with E-state index in [2.05, 4.69) is 51.5 Å². The molecule has 0 spiro atoms. The van der Waals surface area contributed by atoms with Gasteiger partial charge >= 0.3 is 5.97 Å². The number of halogens is 2. The van der Waals surface area contributed by atoms with Gasteiger partial charge in [-0.25, -0.2) is 9.37 Å². The van der Waals surface area contributed by atoms with Crippen LogP contribution in [0, 0.1) is 40.4 Å². The van der Waals surface area contributed by atoms with Crippen molar-refractivity contribution in [2.45, 2.75) is 98.4 Å². The Morgan fingerprint density at radius 1 is 0.800 bits per heavy atom. The summed E-state index contributed by atoms with van der Waals surface area (Å²) in [7, 11) is 0. The highest BCUT2D eigenvalue weighted by molar-refractivity contribution is 7.15. The van der Waals surface area contributed by atoms with Crippen molar-refractivity contribution in [1.82, 2.24) is 44.4 Å². The SMILES string of the molecule is Cc1sc2c(c1C)C(c1ccc(F)cc1)=N[C@@H](CC(=O)OC(C)(C)CCc1sc3c(c1C)C(c1ccc(Cl)cc1)=N[C@@H](CC(=O)NCCn1ccnc1)c1nnc(C)n1-3)c1nnc(C)n1-2. The lowest BCUT2D eigenvalue weighted by Gasteiger charge is -2.26. The third-order valence-electron chi connectivity index (χ3n) is 11.9. The van der Waals surface area contributed by atoms with Crippen LogP contribution in [0.3, 0.4) is 0 Å². The predicted octanol–water partition coefficient (Wildman–Crippen LogP) is 8.84. The smallest absolute Gasteiger partial charge is 0.308 e. The summed E-state index contributed by atoms with van der Waals surface area (Å²) in [5.74, 6) is 1.55. The molecule has 0 unspecified atom stereocenters. The van der Waals surface area contributed by atoms with E-state index in [4.69, 9.17) is 26.3 Å². The summed E-state index contributed by atoms with van der Waals surface area (Å²) in [5.41, 5.74) is 6.06. The second-order valence-electron chi connectivity index (χ2n) is 17.0. The Bertz CT molecular complexity index is 3000. The fraction of sp³-hybridized carbons (Fsp3) is 0.340. The fourth-order valence-electron chi connectivity index (χ4n) is 8.40. The number of aliphatic imine (C=N–C) groups is 2. The van der Waals surface area contributed by atoms with Crippen LogP contribution in [0.2, 0.25) is 5.02 Å². The molecule has 2 aromatic carbocycles. The molecule has 0 radical (unpaired) electrons. The maximum atomic E-state index is 14.1. The van der Waals surface area contributed by atoms with Gasteiger partial charge in [0.05, 0.1) is 30.6 Å². The highest BCUT2D eigenvalue weighted by Crippen LogP contribution is 2.42. The summed E-state index contributed by atoms with van der Waals surface area (Å²) in [6.07, 6.45) is 6.38. The maximum absolute atomic E-state index is 14.1. The number of carbonyl (C=O) groups excluding carboxylic acids is 2. The minimum absolute atomic E-state index is 0.0748. The molecule has 14 nitrogen and oxygen atoms in total. The zero-order chi connectivity index (χ0) is 45.7. The number of nitrogens with zero attached hydrogens (tertiary/aromatic N) is 10. The van der Waals surface area contributed by atoms with E-state index in [1.54, 1.807) is 47.3 Å². The van der Waals surface area contributed by atoms with Gasteiger partial charge in [0.2, 0.25) is 5.91 Å². The maximum Gasteiger partial charge on any atom is 0.308 e. The van der Waals surface area contributed by atoms with Crippen molar-refractivity contribution in [3.8, 4) is 10.0 Å². The molecule has 2 aliphatic heterocycles. The summed E-state index contributed by atoms with van der Waals surface area (Å²) in [6, 6.07) is 12.5. The lowest BCUT2D eigenvalue weighted by molar-refractivity contribution is -0.157. The second-order valence-corrected chi connectivity index (χ2v) is 19.7. The first-order valence-corrected chi connectivity index (χ1v) is 23.4. The van der Waals surface area contributed by atoms with Gasteiger partial charge in [-0.05, 0) is 109 Å². The minimum Gasteiger partial charge on any atom is -0.460 e. The molecule has 9 rings (SSSR count). The number of rotatable bonds is 13. The van der Waals surface area contributed by atoms with Crippen LogP contribution in [0.5, 0.6) is 0 Å². The molecule has 65 heavy (non-hydrogen) atoms. The summed E-state index contributed by atoms with van der Waals surface area (Å²) in [4.78, 5) is 44.3. The largest absolute Gasteiger partial charge is 0.460 e. The summed E-state index contributed by atoms with van der Waals surface area (Å²) >= 11 is 9.60. The average molecular weight is 933 g/mol. The van der Waals surface area contributed by atoms with Crippen molar-refractivity contribution < 1.29 is 18.7 Å². The predicted molar refractivity (Wildman–Crippen MR) is 250 cm³/mol. The first-order chi connectivity index (χ1) is 31.2. The number of thiophene rings is 2. The van der Waals surface area contributed by atoms with Gasteiger partial charge < -0.3 is 14.6 Å². The molecule has 5 aromatic heterocycles. The van der Waals surface area contributed by atoms with Gasteiger partial charge in [0.15, 0.2) is 11.6 Å². The molecule has 1 amide bonds. The van der Waals surface area contributed by atoms with Gasteiger partial charge in [0.1, 0.15) is 45.2 Å². The van der Waals surface area contributed by atoms with Gasteiger partial charge in [0.25, 0.3) is 0 Å². The van der Waals surface area contributed by atoms with Gasteiger partial charge in [-0.2, -0.15) is 0 Å². The summed E-state index contributed by atoms with van der Waals surface area (Å²) < 4.78 is 26.3. The molecule has 18 heteroatoms. The van der Waals surface area contributed by atoms with Gasteiger partial charge in [0, 0.05) is 62.5 Å². The number of benzene rings is 2. The first kappa shape index (κ1) is 44.1. The number of imidazole rings is 1. The van der Waals surface area contributed by atoms with Crippen LogP contribution in [0.4, 0.5) is 4.39 Å². The van der Waals surface area contributed by atoms with Crippen LogP contribution in [0.25, 0.3) is 10.0 Å². The van der Waals surface area contributed by atoms with Gasteiger partial charge in [-0.3, -0.25) is 28.7 Å². The number of ether oxygens (including phenoxy) is 1. The van der Waals surface area contributed by atoms with E-state index in [0.717, 1.165) is 58.8 Å². The second kappa shape index (κ2) is 17.7. The normalized spacial score (nSPS) is 15.5. The van der Waals surface area contributed by atoms with E-state index in [1.165, 1.54) is 12.1 Å². The molecule has 1 N–H and O–H groups in total. The van der Waals surface area contributed by atoms with Crippen LogP contribution >= 0.6 is 34.3 Å². The average Bonchev–Trinajstić information content (AvgIpc) is 4.09. The molecule has 0 bridgehead atoms. The van der Waals surface area contributed by atoms with Gasteiger partial charge in [-0.1, -0.05) is 23.7 Å². The van der Waals surface area contributed by atoms with E-state index in [-0.39, 0.29) is 24.6 Å². The number of amides is 1. The molecular formula is C47H47ClFN11O3S2. The Balaban J connectivity index is 0.974. The van der Waals surface area contributed by atoms with E-state index in [0.29, 0.717) is 60.0 Å². The van der Waals surface area contributed by atoms with Crippen molar-refractivity contribution in [3.63, 3.8) is 0 Å². The van der Waals surface area contributed by atoms with Crippen LogP contribution in [-0.4, -0.2) is 74.5 Å². The zero-order valence-electron chi connectivity index (χ0n) is 37.0. The number of nitrogens with one attached hydrogen (secondary N) is 1. The monoisotopic (exact) mass is 931 g/mol. The van der Waals surface area contributed by atoms with Crippen molar-refractivity contribution in [2.24, 2.45) is 9.98 Å². The van der Waals surface area contributed by atoms with Gasteiger partial charge in [-0.15, -0.1) is 43.1 Å². The Labute approximate surface area is 388 Å². The first-order valence-electron chi connectivity index (χ1n) is 21.3. The van der Waals surface area contributed by atoms with Crippen molar-refractivity contribution in [2.75, 3.05) is 6.54 Å². The molecule has 0 saturated carbocycles. The van der Waals surface area contributed by atoms with Crippen molar-refractivity contribution in [1.29, 1.82) is 0 Å². The topological polar surface area (TPSA) is 159 Å². The van der Waals surface area contributed by atoms with E-state index < -0.39 is 23.7 Å². The van der Waals surface area contributed by atoms with Crippen LogP contribution in [0.1, 0.15) is 112 Å². The number of fused-ring (bicyclic) bond motifs is 6. The number of hydrogen-bond donors (Lipinski definition) is 1. The molecule has 0 aliphatic carbocycles. The Hall–Kier alpha value is -6.17. The number of aromatic nitrogens is 8. The lowest BCUT2D eigenvalue weighted by Crippen LogP contribution is -2.29. The minimum atomic E-state index is -0.865. The molecule has 0 fully saturated rings. The molecule has 0 saturated heterocycles. The van der Waals surface area contributed by atoms with E-state index in [9.17, 15) is 14.0 Å². The Morgan fingerprint density at radius 2 is 1.38 bits per heavy atom. The standard InChI is InChI=1S/C47H47ClFN11O3S2/c1-25-27(3)64-45-39(25)41(31-10-14-33(49)15-11-31)53-35(44-57-54-28(4)59(44)45)23-38(62)63-47(6,7)17-16-36-26(2)40-42(30-8-12-32(48)13-9-30)52-34(43-56-55-29(5)60(43)46(40)65-36)22-37(61)51-19-21-58-20-18-50-24-58/h8-15,18,20,24,34-35H,16-17,19,21-23H2,1-7H3,(H,51,61)/t34-,35-/m0/s1. The number of carbonyl (C=O) groups is 2.